The van der Waals surface area contributed by atoms with Gasteiger partial charge in [0, 0.05) is 20.0 Å². The summed E-state index contributed by atoms with van der Waals surface area (Å²) in [6.45, 7) is 1.22. The molecular formula is C6H14O3S2. The van der Waals surface area contributed by atoms with E-state index in [2.05, 4.69) is 0 Å². The highest BCUT2D eigenvalue weighted by atomic mass is 33.1. The highest BCUT2D eigenvalue weighted by Gasteiger charge is 1.98. The van der Waals surface area contributed by atoms with E-state index in [4.69, 9.17) is 9.47 Å². The van der Waals surface area contributed by atoms with Crippen molar-refractivity contribution < 1.29 is 13.7 Å². The zero-order valence-corrected chi connectivity index (χ0v) is 8.50. The van der Waals surface area contributed by atoms with Crippen LogP contribution in [-0.2, 0) is 19.3 Å². The van der Waals surface area contributed by atoms with E-state index in [1.54, 1.807) is 14.2 Å². The molecule has 0 radical (unpaired) electrons. The highest BCUT2D eigenvalue weighted by molar-refractivity contribution is 8.69. The summed E-state index contributed by atoms with van der Waals surface area (Å²) in [5.74, 6) is 1.39. The van der Waals surface area contributed by atoms with Crippen LogP contribution in [0.4, 0.5) is 0 Å². The van der Waals surface area contributed by atoms with Crippen molar-refractivity contribution in [2.24, 2.45) is 0 Å². The topological polar surface area (TPSA) is 35.5 Å². The largest absolute Gasteiger partial charge is 0.384 e. The Morgan fingerprint density at radius 1 is 1.27 bits per heavy atom. The Morgan fingerprint density at radius 3 is 2.45 bits per heavy atom. The maximum absolute atomic E-state index is 11.0. The molecule has 0 heterocycles. The normalized spacial score (nSPS) is 13.3. The van der Waals surface area contributed by atoms with E-state index in [9.17, 15) is 4.21 Å². The molecule has 0 aliphatic carbocycles. The predicted octanol–water partition coefficient (Wildman–Crippen LogP) is 0.676. The molecule has 5 heteroatoms. The smallest absolute Gasteiger partial charge is 0.0828 e. The Hall–Kier alpha value is 0.420. The number of ether oxygens (including phenoxy) is 2. The molecule has 3 nitrogen and oxygen atoms in total. The minimum atomic E-state index is -0.810. The van der Waals surface area contributed by atoms with Gasteiger partial charge in [-0.15, -0.1) is 0 Å². The fourth-order valence-corrected chi connectivity index (χ4v) is 2.58. The molecule has 0 fully saturated rings. The van der Waals surface area contributed by atoms with E-state index < -0.39 is 9.83 Å². The number of hydrogen-bond acceptors (Lipinski definition) is 4. The molecule has 0 aliphatic rings. The summed E-state index contributed by atoms with van der Waals surface area (Å²) in [5.41, 5.74) is 0. The summed E-state index contributed by atoms with van der Waals surface area (Å²) >= 11 is 0. The van der Waals surface area contributed by atoms with Gasteiger partial charge in [-0.05, 0) is 0 Å². The second-order valence-corrected chi connectivity index (χ2v) is 5.30. The minimum absolute atomic E-state index is 0.562. The Labute approximate surface area is 73.7 Å². The summed E-state index contributed by atoms with van der Waals surface area (Å²) in [6.07, 6.45) is 0. The van der Waals surface area contributed by atoms with E-state index >= 15 is 0 Å². The van der Waals surface area contributed by atoms with Gasteiger partial charge in [-0.2, -0.15) is 0 Å². The lowest BCUT2D eigenvalue weighted by Crippen LogP contribution is -2.02. The Bertz CT molecular complexity index is 108. The van der Waals surface area contributed by atoms with E-state index in [-0.39, 0.29) is 0 Å². The standard InChI is InChI=1S/C6H14O3S2/c1-8-3-5-10-11(7)6-4-9-2/h3-6H2,1-2H3. The molecule has 0 N–H and O–H groups in total. The van der Waals surface area contributed by atoms with Gasteiger partial charge in [-0.1, -0.05) is 10.8 Å². The molecule has 0 spiro atoms. The summed E-state index contributed by atoms with van der Waals surface area (Å²) < 4.78 is 20.6. The van der Waals surface area contributed by atoms with Gasteiger partial charge < -0.3 is 9.47 Å². The van der Waals surface area contributed by atoms with Gasteiger partial charge in [0.25, 0.3) is 0 Å². The first-order chi connectivity index (χ1) is 5.31. The second kappa shape index (κ2) is 8.52. The molecule has 0 amide bonds. The van der Waals surface area contributed by atoms with Crippen LogP contribution in [0.15, 0.2) is 0 Å². The first-order valence-electron chi connectivity index (χ1n) is 3.30. The molecule has 0 rings (SSSR count). The van der Waals surface area contributed by atoms with Gasteiger partial charge >= 0.3 is 0 Å². The molecule has 1 unspecified atom stereocenters. The minimum Gasteiger partial charge on any atom is -0.384 e. The third-order valence-corrected chi connectivity index (χ3v) is 3.84. The third-order valence-electron chi connectivity index (χ3n) is 0.956. The monoisotopic (exact) mass is 198 g/mol. The SMILES string of the molecule is COCCSS(=O)CCOC. The maximum Gasteiger partial charge on any atom is 0.0828 e. The van der Waals surface area contributed by atoms with E-state index in [1.165, 1.54) is 10.8 Å². The van der Waals surface area contributed by atoms with Crippen LogP contribution < -0.4 is 0 Å². The summed E-state index contributed by atoms with van der Waals surface area (Å²) in [7, 11) is 3.84. The molecule has 0 bridgehead atoms. The number of rotatable bonds is 7. The maximum atomic E-state index is 11.0. The van der Waals surface area contributed by atoms with Crippen molar-refractivity contribution >= 4 is 20.6 Å². The van der Waals surface area contributed by atoms with E-state index in [1.807, 2.05) is 0 Å². The van der Waals surface area contributed by atoms with Crippen molar-refractivity contribution in [3.8, 4) is 0 Å². The average Bonchev–Trinajstić information content (AvgIpc) is 2.01. The lowest BCUT2D eigenvalue weighted by molar-refractivity contribution is 0.218. The van der Waals surface area contributed by atoms with Gasteiger partial charge in [0.2, 0.25) is 0 Å². The lowest BCUT2D eigenvalue weighted by atomic mass is 10.9. The van der Waals surface area contributed by atoms with Gasteiger partial charge in [0.05, 0.1) is 28.8 Å². The number of methoxy groups -OCH3 is 2. The van der Waals surface area contributed by atoms with Crippen molar-refractivity contribution in [2.75, 3.05) is 38.9 Å². The van der Waals surface area contributed by atoms with Crippen LogP contribution in [0.25, 0.3) is 0 Å². The van der Waals surface area contributed by atoms with Crippen LogP contribution in [0.2, 0.25) is 0 Å². The fraction of sp³-hybridized carbons (Fsp3) is 1.00. The van der Waals surface area contributed by atoms with Gasteiger partial charge in [0.1, 0.15) is 0 Å². The molecular weight excluding hydrogens is 184 g/mol. The Balaban J connectivity index is 3.09. The molecule has 0 saturated heterocycles. The van der Waals surface area contributed by atoms with Crippen LogP contribution in [0.5, 0.6) is 0 Å². The molecule has 68 valence electrons. The first kappa shape index (κ1) is 11.4. The summed E-state index contributed by atoms with van der Waals surface area (Å²) in [4.78, 5) is 0. The molecule has 0 aromatic rings. The van der Waals surface area contributed by atoms with Crippen molar-refractivity contribution in [3.05, 3.63) is 0 Å². The highest BCUT2D eigenvalue weighted by Crippen LogP contribution is 2.06. The van der Waals surface area contributed by atoms with Crippen molar-refractivity contribution in [1.29, 1.82) is 0 Å². The molecule has 0 saturated carbocycles. The fourth-order valence-electron chi connectivity index (χ4n) is 0.421. The van der Waals surface area contributed by atoms with E-state index in [0.29, 0.717) is 19.0 Å². The molecule has 0 aromatic heterocycles. The zero-order chi connectivity index (χ0) is 8.53. The first-order valence-corrected chi connectivity index (χ1v) is 6.13. The van der Waals surface area contributed by atoms with Crippen LogP contribution in [-0.4, -0.2) is 43.1 Å². The van der Waals surface area contributed by atoms with Crippen LogP contribution in [0.1, 0.15) is 0 Å². The van der Waals surface area contributed by atoms with Gasteiger partial charge in [-0.25, -0.2) is 4.21 Å². The van der Waals surface area contributed by atoms with E-state index in [0.717, 1.165) is 5.75 Å². The Kier molecular flexibility index (Phi) is 8.84. The van der Waals surface area contributed by atoms with Crippen molar-refractivity contribution in [3.63, 3.8) is 0 Å². The zero-order valence-electron chi connectivity index (χ0n) is 6.87. The predicted molar refractivity (Wildman–Crippen MR) is 49.2 cm³/mol. The average molecular weight is 198 g/mol. The van der Waals surface area contributed by atoms with Crippen LogP contribution in [0, 0.1) is 0 Å². The summed E-state index contributed by atoms with van der Waals surface area (Å²) in [5, 5.41) is 0. The Morgan fingerprint density at radius 2 is 1.91 bits per heavy atom. The van der Waals surface area contributed by atoms with Gasteiger partial charge in [0.15, 0.2) is 0 Å². The quantitative estimate of drug-likeness (QED) is 0.445. The lowest BCUT2D eigenvalue weighted by Gasteiger charge is -1.99. The number of hydrogen-bond donors (Lipinski definition) is 0. The molecule has 11 heavy (non-hydrogen) atoms. The summed E-state index contributed by atoms with van der Waals surface area (Å²) in [6, 6.07) is 0. The second-order valence-electron chi connectivity index (χ2n) is 1.82. The van der Waals surface area contributed by atoms with Crippen LogP contribution in [0.3, 0.4) is 0 Å². The van der Waals surface area contributed by atoms with Crippen molar-refractivity contribution in [2.45, 2.75) is 0 Å². The third kappa shape index (κ3) is 8.33. The van der Waals surface area contributed by atoms with Crippen LogP contribution >= 0.6 is 10.8 Å². The molecule has 1 atom stereocenters. The van der Waals surface area contributed by atoms with Crippen molar-refractivity contribution in [1.82, 2.24) is 0 Å². The van der Waals surface area contributed by atoms with Gasteiger partial charge in [-0.3, -0.25) is 0 Å². The molecule has 0 aromatic carbocycles. The molecule has 0 aliphatic heterocycles.